The van der Waals surface area contributed by atoms with Crippen molar-refractivity contribution >= 4 is 16.5 Å². The minimum atomic E-state index is -1.84. The summed E-state index contributed by atoms with van der Waals surface area (Å²) in [6, 6.07) is 10.7. The van der Waals surface area contributed by atoms with Crippen molar-refractivity contribution in [2.24, 2.45) is 0 Å². The average Bonchev–Trinajstić information content (AvgIpc) is 2.16. The molecule has 0 saturated heterocycles. The number of fused-ring (bicyclic) bond motifs is 1. The standard InChI is InChI=1S/C12H13NO2/c1-12(14,15)10-6-2-5-9-8(10)4-3-7-11(9)13/h2-7,14-15H,13H2,1H3. The van der Waals surface area contributed by atoms with Crippen LogP contribution in [0.2, 0.25) is 0 Å². The van der Waals surface area contributed by atoms with Gasteiger partial charge in [-0.05, 0) is 18.4 Å². The summed E-state index contributed by atoms with van der Waals surface area (Å²) in [5, 5.41) is 20.8. The van der Waals surface area contributed by atoms with E-state index in [1.54, 1.807) is 24.3 Å². The molecule has 0 fully saturated rings. The molecule has 0 bridgehead atoms. The number of benzene rings is 2. The number of rotatable bonds is 1. The summed E-state index contributed by atoms with van der Waals surface area (Å²) in [7, 11) is 0. The van der Waals surface area contributed by atoms with Crippen molar-refractivity contribution in [3.8, 4) is 0 Å². The summed E-state index contributed by atoms with van der Waals surface area (Å²) in [4.78, 5) is 0. The highest BCUT2D eigenvalue weighted by Crippen LogP contribution is 2.29. The molecule has 0 amide bonds. The van der Waals surface area contributed by atoms with E-state index in [4.69, 9.17) is 5.73 Å². The van der Waals surface area contributed by atoms with Crippen molar-refractivity contribution in [1.82, 2.24) is 0 Å². The molecular weight excluding hydrogens is 190 g/mol. The normalized spacial score (nSPS) is 11.9. The Morgan fingerprint density at radius 2 is 1.60 bits per heavy atom. The molecule has 3 nitrogen and oxygen atoms in total. The molecular formula is C12H13NO2. The maximum absolute atomic E-state index is 9.59. The SMILES string of the molecule is CC(O)(O)c1cccc2c(N)cccc12. The Balaban J connectivity index is 2.83. The van der Waals surface area contributed by atoms with Gasteiger partial charge >= 0.3 is 0 Å². The molecule has 0 heterocycles. The van der Waals surface area contributed by atoms with Crippen LogP contribution in [-0.2, 0) is 5.79 Å². The third-order valence-corrected chi connectivity index (χ3v) is 2.47. The molecule has 0 radical (unpaired) electrons. The summed E-state index contributed by atoms with van der Waals surface area (Å²) in [6.07, 6.45) is 0. The van der Waals surface area contributed by atoms with Gasteiger partial charge in [0.25, 0.3) is 0 Å². The minimum Gasteiger partial charge on any atom is -0.398 e. The van der Waals surface area contributed by atoms with Gasteiger partial charge in [0.15, 0.2) is 5.79 Å². The fourth-order valence-electron chi connectivity index (χ4n) is 1.75. The fraction of sp³-hybridized carbons (Fsp3) is 0.167. The van der Waals surface area contributed by atoms with E-state index in [9.17, 15) is 10.2 Å². The monoisotopic (exact) mass is 203 g/mol. The van der Waals surface area contributed by atoms with Crippen molar-refractivity contribution in [3.63, 3.8) is 0 Å². The van der Waals surface area contributed by atoms with Crippen LogP contribution in [0.25, 0.3) is 10.8 Å². The third-order valence-electron chi connectivity index (χ3n) is 2.47. The van der Waals surface area contributed by atoms with Crippen LogP contribution < -0.4 is 5.73 Å². The third kappa shape index (κ3) is 1.67. The lowest BCUT2D eigenvalue weighted by molar-refractivity contribution is -0.151. The van der Waals surface area contributed by atoms with E-state index < -0.39 is 5.79 Å². The first-order valence-electron chi connectivity index (χ1n) is 4.72. The smallest absolute Gasteiger partial charge is 0.187 e. The quantitative estimate of drug-likeness (QED) is 0.487. The van der Waals surface area contributed by atoms with Crippen LogP contribution in [0.5, 0.6) is 0 Å². The molecule has 2 aromatic rings. The molecule has 0 atom stereocenters. The van der Waals surface area contributed by atoms with Crippen LogP contribution in [-0.4, -0.2) is 10.2 Å². The topological polar surface area (TPSA) is 66.5 Å². The van der Waals surface area contributed by atoms with E-state index in [0.717, 1.165) is 10.8 Å². The zero-order valence-corrected chi connectivity index (χ0v) is 8.44. The van der Waals surface area contributed by atoms with Gasteiger partial charge in [0.1, 0.15) is 0 Å². The molecule has 0 spiro atoms. The summed E-state index contributed by atoms with van der Waals surface area (Å²) >= 11 is 0. The van der Waals surface area contributed by atoms with Gasteiger partial charge in [0.2, 0.25) is 0 Å². The number of anilines is 1. The van der Waals surface area contributed by atoms with E-state index >= 15 is 0 Å². The first-order valence-corrected chi connectivity index (χ1v) is 4.72. The molecule has 0 aromatic heterocycles. The van der Waals surface area contributed by atoms with E-state index in [1.165, 1.54) is 6.92 Å². The van der Waals surface area contributed by atoms with Crippen LogP contribution in [0.15, 0.2) is 36.4 Å². The number of hydrogen-bond donors (Lipinski definition) is 3. The summed E-state index contributed by atoms with van der Waals surface area (Å²) in [6.45, 7) is 1.34. The van der Waals surface area contributed by atoms with Crippen molar-refractivity contribution in [2.75, 3.05) is 5.73 Å². The molecule has 0 saturated carbocycles. The summed E-state index contributed by atoms with van der Waals surface area (Å²) < 4.78 is 0. The molecule has 0 unspecified atom stereocenters. The fourth-order valence-corrected chi connectivity index (χ4v) is 1.75. The van der Waals surface area contributed by atoms with Crippen LogP contribution in [0, 0.1) is 0 Å². The van der Waals surface area contributed by atoms with Crippen LogP contribution >= 0.6 is 0 Å². The average molecular weight is 203 g/mol. The van der Waals surface area contributed by atoms with Gasteiger partial charge in [-0.25, -0.2) is 0 Å². The van der Waals surface area contributed by atoms with Crippen molar-refractivity contribution < 1.29 is 10.2 Å². The maximum Gasteiger partial charge on any atom is 0.187 e. The predicted octanol–water partition coefficient (Wildman–Crippen LogP) is 1.58. The Morgan fingerprint density at radius 3 is 2.27 bits per heavy atom. The van der Waals surface area contributed by atoms with Crippen molar-refractivity contribution in [2.45, 2.75) is 12.7 Å². The Kier molecular flexibility index (Phi) is 2.14. The Hall–Kier alpha value is -1.58. The Labute approximate surface area is 87.8 Å². The molecule has 2 aromatic carbocycles. The number of nitrogen functional groups attached to an aromatic ring is 1. The zero-order valence-electron chi connectivity index (χ0n) is 8.44. The zero-order chi connectivity index (χ0) is 11.1. The molecule has 0 aliphatic carbocycles. The van der Waals surface area contributed by atoms with Gasteiger partial charge in [-0.15, -0.1) is 0 Å². The lowest BCUT2D eigenvalue weighted by Gasteiger charge is -2.18. The molecule has 0 aliphatic heterocycles. The van der Waals surface area contributed by atoms with Crippen LogP contribution in [0.1, 0.15) is 12.5 Å². The second-order valence-corrected chi connectivity index (χ2v) is 3.77. The molecule has 15 heavy (non-hydrogen) atoms. The minimum absolute atomic E-state index is 0.465. The van der Waals surface area contributed by atoms with Crippen molar-refractivity contribution in [1.29, 1.82) is 0 Å². The highest BCUT2D eigenvalue weighted by atomic mass is 16.5. The van der Waals surface area contributed by atoms with Crippen molar-refractivity contribution in [3.05, 3.63) is 42.0 Å². The predicted molar refractivity (Wildman–Crippen MR) is 60.2 cm³/mol. The van der Waals surface area contributed by atoms with Gasteiger partial charge in [0.05, 0.1) is 0 Å². The Morgan fingerprint density at radius 1 is 1.00 bits per heavy atom. The number of hydrogen-bond acceptors (Lipinski definition) is 3. The highest BCUT2D eigenvalue weighted by Gasteiger charge is 2.20. The van der Waals surface area contributed by atoms with Gasteiger partial charge in [-0.3, -0.25) is 0 Å². The lowest BCUT2D eigenvalue weighted by atomic mass is 9.98. The van der Waals surface area contributed by atoms with E-state index in [1.807, 2.05) is 12.1 Å². The van der Waals surface area contributed by atoms with Gasteiger partial charge in [0, 0.05) is 16.6 Å². The molecule has 2 rings (SSSR count). The first kappa shape index (κ1) is 9.96. The number of nitrogens with two attached hydrogens (primary N) is 1. The van der Waals surface area contributed by atoms with E-state index in [0.29, 0.717) is 11.3 Å². The largest absolute Gasteiger partial charge is 0.398 e. The van der Waals surface area contributed by atoms with Crippen LogP contribution in [0.3, 0.4) is 0 Å². The lowest BCUT2D eigenvalue weighted by Crippen LogP contribution is -2.20. The maximum atomic E-state index is 9.59. The second kappa shape index (κ2) is 3.22. The molecule has 0 aliphatic rings. The number of aliphatic hydroxyl groups is 2. The second-order valence-electron chi connectivity index (χ2n) is 3.77. The van der Waals surface area contributed by atoms with Gasteiger partial charge < -0.3 is 15.9 Å². The molecule has 4 N–H and O–H groups in total. The Bertz CT molecular complexity index is 500. The van der Waals surface area contributed by atoms with E-state index in [-0.39, 0.29) is 0 Å². The van der Waals surface area contributed by atoms with Gasteiger partial charge in [-0.1, -0.05) is 30.3 Å². The molecule has 3 heteroatoms. The highest BCUT2D eigenvalue weighted by molar-refractivity contribution is 5.95. The summed E-state index contributed by atoms with van der Waals surface area (Å²) in [5.41, 5.74) is 6.91. The first-order chi connectivity index (χ1) is 7.00. The van der Waals surface area contributed by atoms with E-state index in [2.05, 4.69) is 0 Å². The van der Waals surface area contributed by atoms with Gasteiger partial charge in [-0.2, -0.15) is 0 Å². The van der Waals surface area contributed by atoms with Crippen LogP contribution in [0.4, 0.5) is 5.69 Å². The molecule has 78 valence electrons. The summed E-state index contributed by atoms with van der Waals surface area (Å²) in [5.74, 6) is -1.84.